The molecule has 0 unspecified atom stereocenters. The van der Waals surface area contributed by atoms with Crippen LogP contribution in [-0.2, 0) is 11.3 Å². The van der Waals surface area contributed by atoms with Gasteiger partial charge in [0, 0.05) is 26.2 Å². The molecule has 0 bridgehead atoms. The summed E-state index contributed by atoms with van der Waals surface area (Å²) in [5.74, 6) is 0.646. The Morgan fingerprint density at radius 2 is 2.11 bits per heavy atom. The summed E-state index contributed by atoms with van der Waals surface area (Å²) in [5, 5.41) is 11.4. The number of piperidine rings is 1. The van der Waals surface area contributed by atoms with Crippen molar-refractivity contribution in [2.45, 2.75) is 45.4 Å². The summed E-state index contributed by atoms with van der Waals surface area (Å²) in [4.78, 5) is 2.13. The number of anilines is 1. The molecule has 2 rings (SSSR count). The number of ether oxygens (including phenoxy) is 1. The fourth-order valence-corrected chi connectivity index (χ4v) is 2.02. The number of hydrogen-bond donors (Lipinski definition) is 1. The maximum absolute atomic E-state index is 5.64. The molecule has 0 spiro atoms. The Labute approximate surface area is 108 Å². The van der Waals surface area contributed by atoms with Crippen molar-refractivity contribution >= 4 is 6.01 Å². The number of hydrogen-bond acceptors (Lipinski definition) is 6. The van der Waals surface area contributed by atoms with Gasteiger partial charge in [0.05, 0.1) is 12.6 Å². The third-order valence-corrected chi connectivity index (χ3v) is 3.16. The molecule has 102 valence electrons. The van der Waals surface area contributed by atoms with Crippen molar-refractivity contribution < 1.29 is 9.15 Å². The van der Waals surface area contributed by atoms with Gasteiger partial charge in [-0.1, -0.05) is 18.9 Å². The van der Waals surface area contributed by atoms with E-state index in [2.05, 4.69) is 34.3 Å². The molecule has 6 heteroatoms. The minimum absolute atomic E-state index is 0.367. The molecule has 0 atom stereocenters. The van der Waals surface area contributed by atoms with Crippen LogP contribution in [0.3, 0.4) is 0 Å². The van der Waals surface area contributed by atoms with Crippen LogP contribution in [0.2, 0.25) is 0 Å². The Morgan fingerprint density at radius 1 is 1.39 bits per heavy atom. The highest BCUT2D eigenvalue weighted by atomic mass is 16.5. The van der Waals surface area contributed by atoms with Gasteiger partial charge in [0.1, 0.15) is 0 Å². The number of methoxy groups -OCH3 is 1. The first-order chi connectivity index (χ1) is 8.69. The number of nitrogens with one attached hydrogen (secondary N) is 1. The van der Waals surface area contributed by atoms with Gasteiger partial charge in [0.2, 0.25) is 5.89 Å². The summed E-state index contributed by atoms with van der Waals surface area (Å²) in [6.07, 6.45) is 2.39. The second-order valence-electron chi connectivity index (χ2n) is 4.94. The van der Waals surface area contributed by atoms with Crippen molar-refractivity contribution in [2.75, 3.05) is 25.1 Å². The van der Waals surface area contributed by atoms with Gasteiger partial charge in [0.25, 0.3) is 0 Å². The molecule has 1 aromatic rings. The summed E-state index contributed by atoms with van der Waals surface area (Å²) < 4.78 is 11.0. The third-order valence-electron chi connectivity index (χ3n) is 3.16. The molecule has 1 aromatic heterocycles. The molecule has 1 aliphatic heterocycles. The number of aromatic nitrogens is 2. The molecule has 0 saturated carbocycles. The molecule has 6 nitrogen and oxygen atoms in total. The van der Waals surface area contributed by atoms with E-state index in [9.17, 15) is 0 Å². The SMILES string of the molecule is COC1CCN(c2nnc(CNC(C)C)o2)CC1. The molecule has 1 fully saturated rings. The highest BCUT2D eigenvalue weighted by Gasteiger charge is 2.22. The van der Waals surface area contributed by atoms with E-state index in [4.69, 9.17) is 9.15 Å². The maximum Gasteiger partial charge on any atom is 0.318 e. The molecular weight excluding hydrogens is 232 g/mol. The Morgan fingerprint density at radius 3 is 2.72 bits per heavy atom. The van der Waals surface area contributed by atoms with Crippen LogP contribution >= 0.6 is 0 Å². The highest BCUT2D eigenvalue weighted by molar-refractivity contribution is 5.24. The smallest absolute Gasteiger partial charge is 0.318 e. The average Bonchev–Trinajstić information content (AvgIpc) is 2.85. The Balaban J connectivity index is 1.86. The maximum atomic E-state index is 5.64. The number of rotatable bonds is 5. The van der Waals surface area contributed by atoms with Gasteiger partial charge in [-0.05, 0) is 12.8 Å². The quantitative estimate of drug-likeness (QED) is 0.851. The lowest BCUT2D eigenvalue weighted by atomic mass is 10.1. The van der Waals surface area contributed by atoms with E-state index >= 15 is 0 Å². The zero-order chi connectivity index (χ0) is 13.0. The minimum atomic E-state index is 0.367. The van der Waals surface area contributed by atoms with Crippen molar-refractivity contribution in [3.05, 3.63) is 5.89 Å². The van der Waals surface area contributed by atoms with Gasteiger partial charge in [-0.3, -0.25) is 0 Å². The summed E-state index contributed by atoms with van der Waals surface area (Å²) in [5.41, 5.74) is 0. The number of nitrogens with zero attached hydrogens (tertiary/aromatic N) is 3. The molecule has 1 aliphatic rings. The largest absolute Gasteiger partial charge is 0.407 e. The first kappa shape index (κ1) is 13.3. The van der Waals surface area contributed by atoms with E-state index in [0.29, 0.717) is 30.6 Å². The molecule has 0 aliphatic carbocycles. The van der Waals surface area contributed by atoms with Gasteiger partial charge in [0.15, 0.2) is 0 Å². The monoisotopic (exact) mass is 254 g/mol. The predicted octanol–water partition coefficient (Wildman–Crippen LogP) is 1.18. The zero-order valence-electron chi connectivity index (χ0n) is 11.3. The van der Waals surface area contributed by atoms with E-state index in [1.807, 2.05) is 0 Å². The van der Waals surface area contributed by atoms with Crippen LogP contribution in [0, 0.1) is 0 Å². The van der Waals surface area contributed by atoms with Crippen LogP contribution in [0.4, 0.5) is 6.01 Å². The second-order valence-corrected chi connectivity index (χ2v) is 4.94. The molecule has 1 N–H and O–H groups in total. The van der Waals surface area contributed by atoms with E-state index in [0.717, 1.165) is 25.9 Å². The normalized spacial score (nSPS) is 17.7. The standard InChI is InChI=1S/C12H22N4O2/c1-9(2)13-8-11-14-15-12(18-11)16-6-4-10(17-3)5-7-16/h9-10,13H,4-8H2,1-3H3. The first-order valence-electron chi connectivity index (χ1n) is 6.52. The van der Waals surface area contributed by atoms with Gasteiger partial charge in [-0.2, -0.15) is 0 Å². The summed E-state index contributed by atoms with van der Waals surface area (Å²) in [6, 6.07) is 1.04. The van der Waals surface area contributed by atoms with E-state index < -0.39 is 0 Å². The second kappa shape index (κ2) is 6.15. The van der Waals surface area contributed by atoms with Crippen molar-refractivity contribution in [3.63, 3.8) is 0 Å². The van der Waals surface area contributed by atoms with Crippen LogP contribution in [0.1, 0.15) is 32.6 Å². The molecular formula is C12H22N4O2. The zero-order valence-corrected chi connectivity index (χ0v) is 11.3. The molecule has 18 heavy (non-hydrogen) atoms. The minimum Gasteiger partial charge on any atom is -0.407 e. The first-order valence-corrected chi connectivity index (χ1v) is 6.52. The van der Waals surface area contributed by atoms with Crippen LogP contribution in [-0.4, -0.2) is 42.5 Å². The average molecular weight is 254 g/mol. The lowest BCUT2D eigenvalue weighted by Crippen LogP contribution is -2.36. The van der Waals surface area contributed by atoms with Crippen LogP contribution in [0.25, 0.3) is 0 Å². The summed E-state index contributed by atoms with van der Waals surface area (Å²) in [7, 11) is 1.77. The predicted molar refractivity (Wildman–Crippen MR) is 68.5 cm³/mol. The molecule has 0 amide bonds. The van der Waals surface area contributed by atoms with Crippen LogP contribution < -0.4 is 10.2 Å². The molecule has 1 saturated heterocycles. The van der Waals surface area contributed by atoms with Crippen LogP contribution in [0.5, 0.6) is 0 Å². The fourth-order valence-electron chi connectivity index (χ4n) is 2.02. The van der Waals surface area contributed by atoms with Crippen molar-refractivity contribution in [2.24, 2.45) is 0 Å². The topological polar surface area (TPSA) is 63.4 Å². The van der Waals surface area contributed by atoms with Crippen LogP contribution in [0.15, 0.2) is 4.42 Å². The van der Waals surface area contributed by atoms with Gasteiger partial charge in [-0.15, -0.1) is 5.10 Å². The fraction of sp³-hybridized carbons (Fsp3) is 0.833. The Kier molecular flexibility index (Phi) is 4.54. The van der Waals surface area contributed by atoms with E-state index in [1.54, 1.807) is 7.11 Å². The Hall–Kier alpha value is -1.14. The molecule has 0 aromatic carbocycles. The van der Waals surface area contributed by atoms with Crippen molar-refractivity contribution in [1.82, 2.24) is 15.5 Å². The highest BCUT2D eigenvalue weighted by Crippen LogP contribution is 2.19. The van der Waals surface area contributed by atoms with Gasteiger partial charge in [-0.25, -0.2) is 0 Å². The summed E-state index contributed by atoms with van der Waals surface area (Å²) in [6.45, 7) is 6.63. The molecule has 2 heterocycles. The van der Waals surface area contributed by atoms with Gasteiger partial charge >= 0.3 is 6.01 Å². The lowest BCUT2D eigenvalue weighted by Gasteiger charge is -2.29. The van der Waals surface area contributed by atoms with E-state index in [1.165, 1.54) is 0 Å². The van der Waals surface area contributed by atoms with Crippen molar-refractivity contribution in [1.29, 1.82) is 0 Å². The summed E-state index contributed by atoms with van der Waals surface area (Å²) >= 11 is 0. The van der Waals surface area contributed by atoms with Gasteiger partial charge < -0.3 is 19.4 Å². The lowest BCUT2D eigenvalue weighted by molar-refractivity contribution is 0.0810. The third kappa shape index (κ3) is 3.43. The Bertz CT molecular complexity index is 359. The van der Waals surface area contributed by atoms with Crippen molar-refractivity contribution in [3.8, 4) is 0 Å². The molecule has 0 radical (unpaired) electrons. The van der Waals surface area contributed by atoms with E-state index in [-0.39, 0.29) is 0 Å².